The minimum atomic E-state index is -6.54. The molecule has 0 heterocycles. The maximum Gasteiger partial charge on any atom is 0.421 e. The van der Waals surface area contributed by atoms with Crippen LogP contribution in [-0.4, -0.2) is 76.3 Å². The van der Waals surface area contributed by atoms with Gasteiger partial charge in [-0.05, 0) is 72.8 Å². The molecule has 43 heavy (non-hydrogen) atoms. The van der Waals surface area contributed by atoms with Crippen molar-refractivity contribution in [1.29, 1.82) is 0 Å². The Morgan fingerprint density at radius 2 is 1.07 bits per heavy atom. The quantitative estimate of drug-likeness (QED) is 0.118. The summed E-state index contributed by atoms with van der Waals surface area (Å²) in [7, 11) is -3.62. The highest BCUT2D eigenvalue weighted by atomic mass is 32.2. The van der Waals surface area contributed by atoms with Crippen LogP contribution in [0.25, 0.3) is 0 Å². The Labute approximate surface area is 247 Å². The van der Waals surface area contributed by atoms with E-state index in [-0.39, 0.29) is 16.7 Å². The summed E-state index contributed by atoms with van der Waals surface area (Å²) < 4.78 is 122. The third-order valence-corrected chi connectivity index (χ3v) is 8.36. The molecule has 8 nitrogen and oxygen atoms in total. The van der Waals surface area contributed by atoms with Gasteiger partial charge in [0.2, 0.25) is 6.10 Å². The molecule has 3 aromatic rings. The minimum absolute atomic E-state index is 0.244. The lowest BCUT2D eigenvalue weighted by atomic mass is 10.3. The second-order valence-corrected chi connectivity index (χ2v) is 11.8. The molecule has 16 heteroatoms. The molecule has 0 radical (unpaired) electrons. The third kappa shape index (κ3) is 10.9. The fourth-order valence-electron chi connectivity index (χ4n) is 3.14. The summed E-state index contributed by atoms with van der Waals surface area (Å²) in [5.74, 6) is 1.34. The highest BCUT2D eigenvalue weighted by Crippen LogP contribution is 2.35. The van der Waals surface area contributed by atoms with E-state index >= 15 is 0 Å². The lowest BCUT2D eigenvalue weighted by Crippen LogP contribution is -2.49. The van der Waals surface area contributed by atoms with Crippen LogP contribution in [0.5, 0.6) is 11.5 Å². The summed E-state index contributed by atoms with van der Waals surface area (Å²) in [6, 6.07) is 22.7. The van der Waals surface area contributed by atoms with Crippen molar-refractivity contribution in [1.82, 2.24) is 0 Å². The molecular weight excluding hydrogens is 630 g/mol. The molecule has 0 aliphatic carbocycles. The van der Waals surface area contributed by atoms with Gasteiger partial charge in [0.25, 0.3) is 0 Å². The second kappa shape index (κ2) is 16.2. The molecule has 0 aromatic heterocycles. The predicted octanol–water partition coefficient (Wildman–Crippen LogP) is 5.02. The zero-order valence-corrected chi connectivity index (χ0v) is 24.4. The zero-order valence-electron chi connectivity index (χ0n) is 22.7. The van der Waals surface area contributed by atoms with Gasteiger partial charge in [0.15, 0.2) is 24.8 Å². The van der Waals surface area contributed by atoms with Crippen LogP contribution in [0.2, 0.25) is 0 Å². The van der Waals surface area contributed by atoms with Crippen molar-refractivity contribution in [3.05, 3.63) is 78.6 Å². The molecule has 0 spiro atoms. The standard InChI is InChI=1S/C24H26FO4S.C3H3F5O4S/c1-26-15-17-28-20-5-11-23(12-6-20)30(22-9-3-19(25)4-10-22)24-13-7-21(8-14-24)29-18-16-27-2;4-2(5,6)1(9)3(7,8)13(10,11)12/h3-14H,15-18H2,1-2H3;1,9H,(H,10,11,12)/q+1;/p-1. The van der Waals surface area contributed by atoms with Gasteiger partial charge >= 0.3 is 11.4 Å². The van der Waals surface area contributed by atoms with E-state index in [0.29, 0.717) is 26.4 Å². The van der Waals surface area contributed by atoms with Gasteiger partial charge in [0.05, 0.1) is 24.1 Å². The van der Waals surface area contributed by atoms with Crippen LogP contribution < -0.4 is 9.47 Å². The average molecular weight is 659 g/mol. The van der Waals surface area contributed by atoms with Gasteiger partial charge in [0, 0.05) is 14.2 Å². The number of aliphatic hydroxyl groups is 1. The highest BCUT2D eigenvalue weighted by molar-refractivity contribution is 7.97. The Morgan fingerprint density at radius 1 is 0.721 bits per heavy atom. The zero-order chi connectivity index (χ0) is 32.3. The first-order chi connectivity index (χ1) is 20.1. The summed E-state index contributed by atoms with van der Waals surface area (Å²) in [5, 5.41) is 2.02. The topological polar surface area (TPSA) is 114 Å². The summed E-state index contributed by atoms with van der Waals surface area (Å²) in [4.78, 5) is 3.28. The van der Waals surface area contributed by atoms with E-state index in [0.717, 1.165) is 26.2 Å². The van der Waals surface area contributed by atoms with E-state index in [1.54, 1.807) is 14.2 Å². The number of methoxy groups -OCH3 is 2. The van der Waals surface area contributed by atoms with Crippen molar-refractivity contribution >= 4 is 21.0 Å². The Kier molecular flexibility index (Phi) is 13.6. The maximum atomic E-state index is 13.5. The minimum Gasteiger partial charge on any atom is -0.743 e. The molecule has 0 aliphatic rings. The van der Waals surface area contributed by atoms with Gasteiger partial charge < -0.3 is 28.6 Å². The van der Waals surface area contributed by atoms with E-state index in [1.807, 2.05) is 36.4 Å². The molecule has 1 N–H and O–H groups in total. The van der Waals surface area contributed by atoms with Gasteiger partial charge in [-0.15, -0.1) is 0 Å². The monoisotopic (exact) mass is 658 g/mol. The summed E-state index contributed by atoms with van der Waals surface area (Å²) in [6.07, 6.45) is -10.4. The molecule has 238 valence electrons. The number of ether oxygens (including phenoxy) is 4. The number of hydrogen-bond acceptors (Lipinski definition) is 8. The van der Waals surface area contributed by atoms with Crippen molar-refractivity contribution in [2.75, 3.05) is 40.6 Å². The third-order valence-electron chi connectivity index (χ3n) is 5.24. The lowest BCUT2D eigenvalue weighted by Gasteiger charge is -2.26. The van der Waals surface area contributed by atoms with Crippen molar-refractivity contribution in [2.45, 2.75) is 32.2 Å². The lowest BCUT2D eigenvalue weighted by molar-refractivity contribution is -0.248. The van der Waals surface area contributed by atoms with Crippen LogP contribution in [0.15, 0.2) is 87.5 Å². The molecule has 0 bridgehead atoms. The molecule has 0 aliphatic heterocycles. The van der Waals surface area contributed by atoms with Crippen LogP contribution in [0.4, 0.5) is 26.3 Å². The first-order valence-electron chi connectivity index (χ1n) is 12.1. The normalized spacial score (nSPS) is 12.8. The van der Waals surface area contributed by atoms with E-state index < -0.39 is 27.7 Å². The van der Waals surface area contributed by atoms with Crippen molar-refractivity contribution in [2.24, 2.45) is 0 Å². The van der Waals surface area contributed by atoms with Crippen molar-refractivity contribution < 1.29 is 63.4 Å². The highest BCUT2D eigenvalue weighted by Gasteiger charge is 2.59. The summed E-state index contributed by atoms with van der Waals surface area (Å²) in [6.45, 7) is 2.09. The Balaban J connectivity index is 0.000000420. The van der Waals surface area contributed by atoms with Crippen molar-refractivity contribution in [3.8, 4) is 11.5 Å². The number of aliphatic hydroxyl groups excluding tert-OH is 1. The van der Waals surface area contributed by atoms with Gasteiger partial charge in [-0.2, -0.15) is 22.0 Å². The van der Waals surface area contributed by atoms with E-state index in [2.05, 4.69) is 24.3 Å². The molecule has 3 rings (SSSR count). The van der Waals surface area contributed by atoms with Gasteiger partial charge in [-0.3, -0.25) is 0 Å². The number of rotatable bonds is 13. The Morgan fingerprint density at radius 3 is 1.35 bits per heavy atom. The van der Waals surface area contributed by atoms with E-state index in [9.17, 15) is 39.3 Å². The van der Waals surface area contributed by atoms with Crippen LogP contribution in [0.1, 0.15) is 0 Å². The largest absolute Gasteiger partial charge is 0.743 e. The number of benzene rings is 3. The van der Waals surface area contributed by atoms with Gasteiger partial charge in [0.1, 0.15) is 30.5 Å². The summed E-state index contributed by atoms with van der Waals surface area (Å²) in [5.41, 5.74) is 0. The number of halogens is 6. The van der Waals surface area contributed by atoms with Crippen LogP contribution in [0, 0.1) is 5.82 Å². The van der Waals surface area contributed by atoms with Gasteiger partial charge in [-0.25, -0.2) is 12.8 Å². The van der Waals surface area contributed by atoms with Gasteiger partial charge in [-0.1, -0.05) is 0 Å². The molecular formula is C27H28F6O8S2. The fourth-order valence-corrected chi connectivity index (χ4v) is 5.58. The van der Waals surface area contributed by atoms with Crippen LogP contribution in [-0.2, 0) is 30.5 Å². The van der Waals surface area contributed by atoms with Crippen LogP contribution in [0.3, 0.4) is 0 Å². The number of alkyl halides is 5. The molecule has 1 unspecified atom stereocenters. The Bertz CT molecular complexity index is 1300. The average Bonchev–Trinajstić information content (AvgIpc) is 2.95. The van der Waals surface area contributed by atoms with Crippen molar-refractivity contribution in [3.63, 3.8) is 0 Å². The smallest absolute Gasteiger partial charge is 0.421 e. The molecule has 0 fully saturated rings. The SMILES string of the molecule is COCCOc1ccc([S+](c2ccc(F)cc2)c2ccc(OCCOC)cc2)cc1.O=S(=O)([O-])C(F)(F)C(O)C(F)(F)F. The Hall–Kier alpha value is -3.02. The second-order valence-electron chi connectivity index (χ2n) is 8.35. The first-order valence-corrected chi connectivity index (χ1v) is 14.8. The maximum absolute atomic E-state index is 13.5. The van der Waals surface area contributed by atoms with E-state index in [1.165, 1.54) is 12.1 Å². The summed E-state index contributed by atoms with van der Waals surface area (Å²) >= 11 is 0. The molecule has 0 saturated heterocycles. The first kappa shape index (κ1) is 36.2. The molecule has 1 atom stereocenters. The molecule has 3 aromatic carbocycles. The molecule has 0 amide bonds. The fraction of sp³-hybridized carbons (Fsp3) is 0.333. The number of hydrogen-bond donors (Lipinski definition) is 1. The predicted molar refractivity (Wildman–Crippen MR) is 143 cm³/mol. The van der Waals surface area contributed by atoms with Crippen LogP contribution >= 0.6 is 0 Å². The molecule has 0 saturated carbocycles. The van der Waals surface area contributed by atoms with E-state index in [4.69, 9.17) is 24.1 Å².